The predicted octanol–water partition coefficient (Wildman–Crippen LogP) is 1.86. The Morgan fingerprint density at radius 3 is 2.31 bits per heavy atom. The fourth-order valence-corrected chi connectivity index (χ4v) is 3.30. The topological polar surface area (TPSA) is 66.8 Å². The summed E-state index contributed by atoms with van der Waals surface area (Å²) in [5.74, 6) is 0.160. The Morgan fingerprint density at radius 1 is 0.923 bits per heavy atom. The van der Waals surface area contributed by atoms with E-state index in [0.29, 0.717) is 16.2 Å². The number of aliphatic hydroxyl groups is 1. The number of aliphatic carboxylic acids is 1. The van der Waals surface area contributed by atoms with Gasteiger partial charge in [-0.25, -0.2) is 4.79 Å². The normalized spacial score (nSPS) is 11.3. The maximum atomic E-state index is 11.1. The molecule has 0 aliphatic heterocycles. The summed E-state index contributed by atoms with van der Waals surface area (Å²) < 4.78 is 5.82. The summed E-state index contributed by atoms with van der Waals surface area (Å²) in [5, 5.41) is 18.9. The average molecular weight is 376 g/mol. The second-order valence-corrected chi connectivity index (χ2v) is 6.39. The molecule has 3 aromatic carbocycles. The van der Waals surface area contributed by atoms with Crippen LogP contribution in [0.4, 0.5) is 0 Å². The molecule has 3 rings (SSSR count). The van der Waals surface area contributed by atoms with E-state index in [0.717, 1.165) is 10.6 Å². The summed E-state index contributed by atoms with van der Waals surface area (Å²) in [5.41, 5.74) is 0.370. The third-order valence-corrected chi connectivity index (χ3v) is 4.54. The van der Waals surface area contributed by atoms with Crippen molar-refractivity contribution in [1.29, 1.82) is 0 Å². The first-order valence-electron chi connectivity index (χ1n) is 7.64. The van der Waals surface area contributed by atoms with Crippen LogP contribution in [0.15, 0.2) is 88.7 Å². The fraction of sp³-hybridized carbons (Fsp3) is 0.0500. The first-order chi connectivity index (χ1) is 12.1. The van der Waals surface area contributed by atoms with Crippen LogP contribution in [-0.2, 0) is 4.79 Å². The summed E-state index contributed by atoms with van der Waals surface area (Å²) in [6.45, 7) is 0. The van der Waals surface area contributed by atoms with Gasteiger partial charge >= 0.3 is 35.5 Å². The van der Waals surface area contributed by atoms with E-state index in [1.54, 1.807) is 18.2 Å². The molecule has 0 aliphatic carbocycles. The fourth-order valence-electron chi connectivity index (χ4n) is 2.29. The number of aliphatic hydroxyl groups excluding tert-OH is 1. The number of benzene rings is 3. The van der Waals surface area contributed by atoms with Crippen molar-refractivity contribution < 1.29 is 50.7 Å². The molecule has 0 saturated heterocycles. The molecule has 4 nitrogen and oxygen atoms in total. The number of hydrogen-bond donors (Lipinski definition) is 2. The first kappa shape index (κ1) is 20.6. The molecule has 1 atom stereocenters. The van der Waals surface area contributed by atoms with Crippen molar-refractivity contribution in [2.24, 2.45) is 0 Å². The smallest absolute Gasteiger partial charge is 1.00 e. The number of carboxylic acid groups (broad SMARTS) is 1. The van der Waals surface area contributed by atoms with Crippen LogP contribution in [0.25, 0.3) is 0 Å². The van der Waals surface area contributed by atoms with Gasteiger partial charge in [-0.1, -0.05) is 54.2 Å². The monoisotopic (exact) mass is 376 g/mol. The maximum Gasteiger partial charge on any atom is 1.00 e. The molecule has 26 heavy (non-hydrogen) atoms. The zero-order valence-electron chi connectivity index (χ0n) is 15.2. The summed E-state index contributed by atoms with van der Waals surface area (Å²) in [4.78, 5) is 12.7. The number of para-hydroxylation sites is 1. The van der Waals surface area contributed by atoms with Crippen molar-refractivity contribution in [3.63, 3.8) is 0 Å². The van der Waals surface area contributed by atoms with Crippen LogP contribution < -0.4 is 34.3 Å². The van der Waals surface area contributed by atoms with E-state index in [-0.39, 0.29) is 31.0 Å². The number of carboxylic acids is 1. The molecule has 2 N–H and O–H groups in total. The van der Waals surface area contributed by atoms with Gasteiger partial charge in [0.15, 0.2) is 6.10 Å². The van der Waals surface area contributed by atoms with Crippen molar-refractivity contribution in [2.45, 2.75) is 15.9 Å². The Morgan fingerprint density at radius 2 is 1.58 bits per heavy atom. The Bertz CT molecular complexity index is 877. The predicted molar refractivity (Wildman–Crippen MR) is 97.2 cm³/mol. The minimum absolute atomic E-state index is 0. The second-order valence-electron chi connectivity index (χ2n) is 5.27. The molecule has 0 bridgehead atoms. The molecule has 128 valence electrons. The molecule has 0 heterocycles. The molecular weight excluding hydrogens is 359 g/mol. The minimum atomic E-state index is -1.55. The Balaban J connectivity index is 0.00000182. The van der Waals surface area contributed by atoms with Gasteiger partial charge in [0.25, 0.3) is 0 Å². The average Bonchev–Trinajstić information content (AvgIpc) is 2.63. The van der Waals surface area contributed by atoms with Crippen LogP contribution in [0.3, 0.4) is 0 Å². The standard InChI is InChI=1S/C20H16O4S.Na.H/c21-19(20(22)23)17-11-4-5-12-18(17)25-16-10-6-9-15(13-16)24-14-7-2-1-3-8-14;;/h1-13,19,21H,(H,22,23);;/q;+1;-1. The molecule has 0 aliphatic rings. The molecular formula is C20H17NaO4S. The van der Waals surface area contributed by atoms with Crippen LogP contribution in [0, 0.1) is 0 Å². The van der Waals surface area contributed by atoms with Gasteiger partial charge in [0.2, 0.25) is 0 Å². The van der Waals surface area contributed by atoms with Gasteiger partial charge in [0, 0.05) is 15.4 Å². The van der Waals surface area contributed by atoms with E-state index < -0.39 is 12.1 Å². The molecule has 0 spiro atoms. The van der Waals surface area contributed by atoms with Crippen LogP contribution in [0.2, 0.25) is 0 Å². The summed E-state index contributed by atoms with van der Waals surface area (Å²) in [6, 6.07) is 23.9. The largest absolute Gasteiger partial charge is 1.00 e. The van der Waals surface area contributed by atoms with Gasteiger partial charge in [-0.15, -0.1) is 0 Å². The number of ether oxygens (including phenoxy) is 1. The zero-order valence-corrected chi connectivity index (χ0v) is 17.0. The Kier molecular flexibility index (Phi) is 7.75. The molecule has 0 fully saturated rings. The van der Waals surface area contributed by atoms with Gasteiger partial charge in [-0.2, -0.15) is 0 Å². The molecule has 1 unspecified atom stereocenters. The summed E-state index contributed by atoms with van der Waals surface area (Å²) >= 11 is 1.38. The Labute approximate surface area is 179 Å². The van der Waals surface area contributed by atoms with Gasteiger partial charge in [0.05, 0.1) is 0 Å². The van der Waals surface area contributed by atoms with Crippen LogP contribution in [0.1, 0.15) is 13.1 Å². The Hall–Kier alpha value is -1.76. The molecule has 0 amide bonds. The minimum Gasteiger partial charge on any atom is -1.00 e. The van der Waals surface area contributed by atoms with Crippen molar-refractivity contribution >= 4 is 17.7 Å². The third-order valence-electron chi connectivity index (χ3n) is 3.46. The molecule has 0 aromatic heterocycles. The third kappa shape index (κ3) is 5.37. The molecule has 3 aromatic rings. The summed E-state index contributed by atoms with van der Waals surface area (Å²) in [6.07, 6.45) is -1.55. The van der Waals surface area contributed by atoms with Gasteiger partial charge in [0.1, 0.15) is 11.5 Å². The van der Waals surface area contributed by atoms with Gasteiger partial charge in [-0.05, 0) is 36.4 Å². The molecule has 0 saturated carbocycles. The maximum absolute atomic E-state index is 11.1. The molecule has 6 heteroatoms. The molecule has 0 radical (unpaired) electrons. The van der Waals surface area contributed by atoms with E-state index >= 15 is 0 Å². The van der Waals surface area contributed by atoms with Crippen molar-refractivity contribution in [1.82, 2.24) is 0 Å². The van der Waals surface area contributed by atoms with Crippen LogP contribution in [-0.4, -0.2) is 16.2 Å². The van der Waals surface area contributed by atoms with E-state index in [4.69, 9.17) is 9.84 Å². The number of carbonyl (C=O) groups is 1. The SMILES string of the molecule is O=C(O)C(O)c1ccccc1Sc1cccc(Oc2ccccc2)c1.[H-].[Na+]. The first-order valence-corrected chi connectivity index (χ1v) is 8.46. The van der Waals surface area contributed by atoms with Crippen molar-refractivity contribution in [2.75, 3.05) is 0 Å². The van der Waals surface area contributed by atoms with Crippen LogP contribution >= 0.6 is 11.8 Å². The number of hydrogen-bond acceptors (Lipinski definition) is 4. The van der Waals surface area contributed by atoms with E-state index in [1.807, 2.05) is 60.7 Å². The van der Waals surface area contributed by atoms with E-state index in [2.05, 4.69) is 0 Å². The second kappa shape index (κ2) is 9.80. The van der Waals surface area contributed by atoms with Crippen molar-refractivity contribution in [3.8, 4) is 11.5 Å². The van der Waals surface area contributed by atoms with Gasteiger partial charge in [-0.3, -0.25) is 0 Å². The van der Waals surface area contributed by atoms with Crippen molar-refractivity contribution in [3.05, 3.63) is 84.4 Å². The number of rotatable bonds is 6. The van der Waals surface area contributed by atoms with E-state index in [9.17, 15) is 9.90 Å². The van der Waals surface area contributed by atoms with Gasteiger partial charge < -0.3 is 16.4 Å². The van der Waals surface area contributed by atoms with Crippen LogP contribution in [0.5, 0.6) is 11.5 Å². The quantitative estimate of drug-likeness (QED) is 0.643. The van der Waals surface area contributed by atoms with E-state index in [1.165, 1.54) is 11.8 Å². The zero-order chi connectivity index (χ0) is 17.6. The summed E-state index contributed by atoms with van der Waals surface area (Å²) in [7, 11) is 0.